The molecule has 0 saturated carbocycles. The third-order valence-corrected chi connectivity index (χ3v) is 5.07. The van der Waals surface area contributed by atoms with E-state index in [1.165, 1.54) is 0 Å². The summed E-state index contributed by atoms with van der Waals surface area (Å²) in [6.45, 7) is 6.38. The van der Waals surface area contributed by atoms with Gasteiger partial charge in [0, 0.05) is 35.6 Å². The lowest BCUT2D eigenvalue weighted by Gasteiger charge is -2.45. The normalized spacial score (nSPS) is 16.7. The van der Waals surface area contributed by atoms with Crippen LogP contribution < -0.4 is 16.0 Å². The van der Waals surface area contributed by atoms with Crippen molar-refractivity contribution in [2.75, 3.05) is 23.3 Å². The highest BCUT2D eigenvalue weighted by molar-refractivity contribution is 5.94. The predicted molar refractivity (Wildman–Crippen MR) is 107 cm³/mol. The Labute approximate surface area is 162 Å². The molecule has 1 aliphatic heterocycles. The Morgan fingerprint density at radius 1 is 1.25 bits per heavy atom. The number of aliphatic hydroxyl groups is 1. The maximum atomic E-state index is 14.4. The smallest absolute Gasteiger partial charge is 0.158 e. The molecule has 0 radical (unpaired) electrons. The molecule has 2 aromatic heterocycles. The average molecular weight is 382 g/mol. The number of benzene rings is 1. The van der Waals surface area contributed by atoms with E-state index in [4.69, 9.17) is 5.73 Å². The summed E-state index contributed by atoms with van der Waals surface area (Å²) < 4.78 is 14.4. The molecule has 28 heavy (non-hydrogen) atoms. The third kappa shape index (κ3) is 3.25. The molecule has 3 aromatic rings. The summed E-state index contributed by atoms with van der Waals surface area (Å²) in [6.07, 6.45) is 0.965. The van der Waals surface area contributed by atoms with E-state index >= 15 is 0 Å². The molecule has 146 valence electrons. The van der Waals surface area contributed by atoms with E-state index in [9.17, 15) is 9.50 Å². The van der Waals surface area contributed by atoms with Crippen molar-refractivity contribution in [1.82, 2.24) is 15.2 Å². The number of rotatable bonds is 4. The summed E-state index contributed by atoms with van der Waals surface area (Å²) in [6, 6.07) is 7.02. The van der Waals surface area contributed by atoms with Crippen molar-refractivity contribution in [3.05, 3.63) is 53.1 Å². The van der Waals surface area contributed by atoms with Gasteiger partial charge in [-0.25, -0.2) is 9.37 Å². The Balaban J connectivity index is 1.70. The number of anilines is 2. The van der Waals surface area contributed by atoms with E-state index in [1.54, 1.807) is 38.2 Å². The number of nitrogens with zero attached hydrogens (tertiary/aromatic N) is 4. The van der Waals surface area contributed by atoms with E-state index in [0.717, 1.165) is 22.3 Å². The fourth-order valence-electron chi connectivity index (χ4n) is 3.51. The van der Waals surface area contributed by atoms with Gasteiger partial charge in [-0.2, -0.15) is 5.10 Å². The quantitative estimate of drug-likeness (QED) is 0.596. The number of hydrogen-bond donors (Lipinski definition) is 3. The molecule has 8 heteroatoms. The molecule has 7 nitrogen and oxygen atoms in total. The number of β-amino-alcohol motifs (C(OH)–C–C–N with tert-alkyl or cyclic N) is 1. The van der Waals surface area contributed by atoms with E-state index in [0.29, 0.717) is 30.0 Å². The predicted octanol–water partition coefficient (Wildman–Crippen LogP) is 2.42. The maximum Gasteiger partial charge on any atom is 0.158 e. The monoisotopic (exact) mass is 382 g/mol. The Bertz CT molecular complexity index is 1050. The highest BCUT2D eigenvalue weighted by Gasteiger charge is 2.37. The van der Waals surface area contributed by atoms with Crippen LogP contribution in [0.1, 0.15) is 29.9 Å². The van der Waals surface area contributed by atoms with Crippen molar-refractivity contribution in [3.63, 3.8) is 0 Å². The zero-order chi connectivity index (χ0) is 20.1. The maximum absolute atomic E-state index is 14.4. The van der Waals surface area contributed by atoms with E-state index in [-0.39, 0.29) is 5.82 Å². The highest BCUT2D eigenvalue weighted by atomic mass is 19.1. The first-order valence-corrected chi connectivity index (χ1v) is 9.13. The summed E-state index contributed by atoms with van der Waals surface area (Å²) in [4.78, 5) is 6.47. The molecule has 1 saturated heterocycles. The molecule has 3 heterocycles. The van der Waals surface area contributed by atoms with Crippen LogP contribution >= 0.6 is 0 Å². The molecule has 1 atom stereocenters. The summed E-state index contributed by atoms with van der Waals surface area (Å²) in [5, 5.41) is 23.1. The standard InChI is InChI=1S/C20H23FN6O/c1-11-5-4-6-13(17(11)21)18(22)24-19-14-7-16(27-9-20(3,28)10-27)23-8-15(14)12(2)25-26-19/h4-8,18,28H,9-10,22H2,1-3H3,(H,24,26)/t18-/m0/s1. The van der Waals surface area contributed by atoms with Crippen LogP contribution in [-0.4, -0.2) is 39.0 Å². The number of aryl methyl sites for hydroxylation is 2. The van der Waals surface area contributed by atoms with Crippen molar-refractivity contribution >= 4 is 22.4 Å². The van der Waals surface area contributed by atoms with Gasteiger partial charge in [-0.05, 0) is 32.4 Å². The lowest BCUT2D eigenvalue weighted by Crippen LogP contribution is -2.60. The lowest BCUT2D eigenvalue weighted by atomic mass is 9.97. The van der Waals surface area contributed by atoms with Crippen LogP contribution in [0.4, 0.5) is 16.0 Å². The van der Waals surface area contributed by atoms with Gasteiger partial charge in [0.05, 0.1) is 11.3 Å². The van der Waals surface area contributed by atoms with Crippen LogP contribution in [0.15, 0.2) is 30.5 Å². The number of nitrogens with one attached hydrogen (secondary N) is 1. The Hall–Kier alpha value is -2.84. The van der Waals surface area contributed by atoms with Crippen LogP contribution in [-0.2, 0) is 0 Å². The number of hydrogen-bond acceptors (Lipinski definition) is 7. The molecule has 0 spiro atoms. The zero-order valence-electron chi connectivity index (χ0n) is 16.1. The van der Waals surface area contributed by atoms with Crippen LogP contribution in [0, 0.1) is 19.7 Å². The van der Waals surface area contributed by atoms with Gasteiger partial charge in [0.2, 0.25) is 0 Å². The summed E-state index contributed by atoms with van der Waals surface area (Å²) in [5.41, 5.74) is 7.16. The Morgan fingerprint density at radius 2 is 2.00 bits per heavy atom. The summed E-state index contributed by atoms with van der Waals surface area (Å²) >= 11 is 0. The van der Waals surface area contributed by atoms with Crippen molar-refractivity contribution < 1.29 is 9.50 Å². The molecule has 0 unspecified atom stereocenters. The van der Waals surface area contributed by atoms with Crippen LogP contribution in [0.25, 0.3) is 10.8 Å². The number of fused-ring (bicyclic) bond motifs is 1. The van der Waals surface area contributed by atoms with Gasteiger partial charge in [-0.1, -0.05) is 18.2 Å². The van der Waals surface area contributed by atoms with Crippen LogP contribution in [0.3, 0.4) is 0 Å². The summed E-state index contributed by atoms with van der Waals surface area (Å²) in [5.74, 6) is 0.867. The topological polar surface area (TPSA) is 100 Å². The Kier molecular flexibility index (Phi) is 4.40. The number of aromatic nitrogens is 3. The largest absolute Gasteiger partial charge is 0.386 e. The zero-order valence-corrected chi connectivity index (χ0v) is 16.1. The molecule has 1 aromatic carbocycles. The van der Waals surface area contributed by atoms with Gasteiger partial charge in [0.25, 0.3) is 0 Å². The van der Waals surface area contributed by atoms with E-state index < -0.39 is 11.8 Å². The molecule has 1 fully saturated rings. The van der Waals surface area contributed by atoms with Crippen LogP contribution in [0.5, 0.6) is 0 Å². The van der Waals surface area contributed by atoms with Crippen molar-refractivity contribution in [2.24, 2.45) is 5.73 Å². The third-order valence-electron chi connectivity index (χ3n) is 5.07. The molecular weight excluding hydrogens is 359 g/mol. The van der Waals surface area contributed by atoms with E-state index in [1.807, 2.05) is 17.9 Å². The van der Waals surface area contributed by atoms with Gasteiger partial charge >= 0.3 is 0 Å². The number of nitrogens with two attached hydrogens (primary N) is 1. The average Bonchev–Trinajstić information content (AvgIpc) is 2.64. The van der Waals surface area contributed by atoms with Crippen molar-refractivity contribution in [2.45, 2.75) is 32.5 Å². The van der Waals surface area contributed by atoms with Crippen molar-refractivity contribution in [1.29, 1.82) is 0 Å². The van der Waals surface area contributed by atoms with Gasteiger partial charge in [-0.3, -0.25) is 0 Å². The molecule has 4 rings (SSSR count). The number of halogens is 1. The first-order valence-electron chi connectivity index (χ1n) is 9.13. The number of pyridine rings is 1. The van der Waals surface area contributed by atoms with Gasteiger partial charge in [0.15, 0.2) is 5.82 Å². The van der Waals surface area contributed by atoms with Gasteiger partial charge < -0.3 is 21.1 Å². The molecule has 0 bridgehead atoms. The first kappa shape index (κ1) is 18.5. The van der Waals surface area contributed by atoms with Crippen molar-refractivity contribution in [3.8, 4) is 0 Å². The molecule has 4 N–H and O–H groups in total. The van der Waals surface area contributed by atoms with Gasteiger partial charge in [-0.15, -0.1) is 5.10 Å². The second kappa shape index (κ2) is 6.65. The SMILES string of the molecule is Cc1cccc([C@@H](N)Nc2nnc(C)c3cnc(N4CC(C)(O)C4)cc23)c1F. The second-order valence-electron chi connectivity index (χ2n) is 7.68. The molecular formula is C20H23FN6O. The summed E-state index contributed by atoms with van der Waals surface area (Å²) in [7, 11) is 0. The lowest BCUT2D eigenvalue weighted by molar-refractivity contribution is 0.0305. The molecule has 1 aliphatic rings. The minimum Gasteiger partial charge on any atom is -0.386 e. The van der Waals surface area contributed by atoms with Gasteiger partial charge in [0.1, 0.15) is 17.8 Å². The molecule has 0 amide bonds. The minimum absolute atomic E-state index is 0.336. The van der Waals surface area contributed by atoms with Crippen LogP contribution in [0.2, 0.25) is 0 Å². The fraction of sp³-hybridized carbons (Fsp3) is 0.350. The highest BCUT2D eigenvalue weighted by Crippen LogP contribution is 2.31. The first-order chi connectivity index (χ1) is 13.2. The van der Waals surface area contributed by atoms with E-state index in [2.05, 4.69) is 20.5 Å². The minimum atomic E-state index is -0.776. The Morgan fingerprint density at radius 3 is 2.71 bits per heavy atom. The fourth-order valence-corrected chi connectivity index (χ4v) is 3.51. The molecule has 0 aliphatic carbocycles. The second-order valence-corrected chi connectivity index (χ2v) is 7.68.